The van der Waals surface area contributed by atoms with Crippen molar-refractivity contribution in [3.05, 3.63) is 55.9 Å². The van der Waals surface area contributed by atoms with Crippen molar-refractivity contribution in [2.24, 2.45) is 0 Å². The van der Waals surface area contributed by atoms with Gasteiger partial charge in [0.1, 0.15) is 0 Å². The van der Waals surface area contributed by atoms with Crippen LogP contribution in [0.3, 0.4) is 0 Å². The average Bonchev–Trinajstić information content (AvgIpc) is 3.59. The number of carbonyl (C=O) groups is 2. The first-order valence-electron chi connectivity index (χ1n) is 11.6. The Morgan fingerprint density at radius 1 is 0.765 bits per heavy atom. The Labute approximate surface area is 208 Å². The van der Waals surface area contributed by atoms with Crippen LogP contribution < -0.4 is 0 Å². The zero-order valence-electron chi connectivity index (χ0n) is 19.9. The fourth-order valence-electron chi connectivity index (χ4n) is 4.35. The second-order valence-corrected chi connectivity index (χ2v) is 9.73. The van der Waals surface area contributed by atoms with E-state index in [1.165, 1.54) is 22.7 Å². The quantitative estimate of drug-likeness (QED) is 0.402. The average molecular weight is 503 g/mol. The summed E-state index contributed by atoms with van der Waals surface area (Å²) in [7, 11) is 0. The lowest BCUT2D eigenvalue weighted by Crippen LogP contribution is -2.38. The summed E-state index contributed by atoms with van der Waals surface area (Å²) in [5, 5.41) is 3.90. The predicted molar refractivity (Wildman–Crippen MR) is 134 cm³/mol. The maximum absolute atomic E-state index is 14.0. The molecule has 0 saturated heterocycles. The highest BCUT2D eigenvalue weighted by atomic mass is 32.1. The Kier molecular flexibility index (Phi) is 8.00. The van der Waals surface area contributed by atoms with Crippen molar-refractivity contribution in [2.45, 2.75) is 40.1 Å². The zero-order valence-corrected chi connectivity index (χ0v) is 21.5. The summed E-state index contributed by atoms with van der Waals surface area (Å²) >= 11 is 3.02. The number of fused-ring (bicyclic) bond motifs is 1. The van der Waals surface area contributed by atoms with E-state index in [1.54, 1.807) is 9.80 Å². The fraction of sp³-hybridized carbons (Fsp3) is 0.440. The van der Waals surface area contributed by atoms with E-state index >= 15 is 0 Å². The maximum Gasteiger partial charge on any atom is 0.261 e. The number of hydrogen-bond acceptors (Lipinski definition) is 7. The minimum atomic E-state index is -0.580. The number of rotatable bonds is 12. The van der Waals surface area contributed by atoms with Gasteiger partial charge in [-0.2, -0.15) is 0 Å². The van der Waals surface area contributed by atoms with Gasteiger partial charge in [-0.05, 0) is 50.6 Å². The molecule has 0 radical (unpaired) electrons. The van der Waals surface area contributed by atoms with Gasteiger partial charge in [-0.15, -0.1) is 22.7 Å². The van der Waals surface area contributed by atoms with Crippen molar-refractivity contribution in [1.82, 2.24) is 9.80 Å². The summed E-state index contributed by atoms with van der Waals surface area (Å²) in [5.74, 6) is -0.375. The Morgan fingerprint density at radius 3 is 1.65 bits per heavy atom. The SMILES string of the molecule is CCOC(C)CN1C(=O)C2=C(c3cccs3)N(CC(OCC)OCC)C(=O)C2=C1c1cccs1. The van der Waals surface area contributed by atoms with Crippen molar-refractivity contribution in [3.8, 4) is 0 Å². The largest absolute Gasteiger partial charge is 0.377 e. The Balaban J connectivity index is 1.85. The van der Waals surface area contributed by atoms with E-state index in [1.807, 2.05) is 62.7 Å². The molecule has 2 aliphatic heterocycles. The molecule has 0 spiro atoms. The molecule has 34 heavy (non-hydrogen) atoms. The van der Waals surface area contributed by atoms with Gasteiger partial charge in [-0.3, -0.25) is 9.59 Å². The lowest BCUT2D eigenvalue weighted by Gasteiger charge is -2.28. The van der Waals surface area contributed by atoms with Gasteiger partial charge >= 0.3 is 0 Å². The van der Waals surface area contributed by atoms with Gasteiger partial charge in [0.05, 0.1) is 51.5 Å². The minimum absolute atomic E-state index is 0.166. The molecule has 0 saturated carbocycles. The van der Waals surface area contributed by atoms with Crippen LogP contribution in [0.5, 0.6) is 0 Å². The molecule has 2 aromatic heterocycles. The van der Waals surface area contributed by atoms with Crippen molar-refractivity contribution in [2.75, 3.05) is 32.9 Å². The third kappa shape index (κ3) is 4.63. The summed E-state index contributed by atoms with van der Waals surface area (Å²) in [6.45, 7) is 9.72. The van der Waals surface area contributed by atoms with Crippen LogP contribution in [0, 0.1) is 0 Å². The molecule has 0 N–H and O–H groups in total. The second-order valence-electron chi connectivity index (χ2n) is 7.84. The van der Waals surface area contributed by atoms with Gasteiger partial charge in [0, 0.05) is 19.8 Å². The molecule has 0 bridgehead atoms. The maximum atomic E-state index is 14.0. The molecule has 2 amide bonds. The third-order valence-corrected chi connectivity index (χ3v) is 7.37. The van der Waals surface area contributed by atoms with E-state index in [9.17, 15) is 9.59 Å². The lowest BCUT2D eigenvalue weighted by atomic mass is 10.1. The number of ether oxygens (including phenoxy) is 3. The Morgan fingerprint density at radius 2 is 1.24 bits per heavy atom. The van der Waals surface area contributed by atoms with Crippen LogP contribution in [0.2, 0.25) is 0 Å². The molecule has 7 nitrogen and oxygen atoms in total. The van der Waals surface area contributed by atoms with Crippen LogP contribution >= 0.6 is 22.7 Å². The highest BCUT2D eigenvalue weighted by molar-refractivity contribution is 7.11. The molecule has 0 aliphatic carbocycles. The molecular weight excluding hydrogens is 472 g/mol. The molecule has 0 fully saturated rings. The third-order valence-electron chi connectivity index (χ3n) is 5.62. The van der Waals surface area contributed by atoms with E-state index in [-0.39, 0.29) is 24.5 Å². The van der Waals surface area contributed by atoms with Gasteiger partial charge in [0.2, 0.25) is 0 Å². The molecule has 1 atom stereocenters. The first kappa shape index (κ1) is 24.8. The van der Waals surface area contributed by atoms with Crippen LogP contribution in [-0.4, -0.2) is 66.9 Å². The summed E-state index contributed by atoms with van der Waals surface area (Å²) < 4.78 is 17.2. The highest BCUT2D eigenvalue weighted by Crippen LogP contribution is 2.48. The molecule has 4 heterocycles. The second kappa shape index (κ2) is 11.0. The molecule has 2 aromatic rings. The van der Waals surface area contributed by atoms with Gasteiger partial charge in [-0.1, -0.05) is 12.1 Å². The smallest absolute Gasteiger partial charge is 0.261 e. The summed E-state index contributed by atoms with van der Waals surface area (Å²) in [6.07, 6.45) is -0.746. The van der Waals surface area contributed by atoms with Crippen molar-refractivity contribution >= 4 is 45.9 Å². The van der Waals surface area contributed by atoms with Gasteiger partial charge in [0.15, 0.2) is 6.29 Å². The van der Waals surface area contributed by atoms with E-state index in [0.29, 0.717) is 48.9 Å². The zero-order chi connectivity index (χ0) is 24.2. The molecule has 9 heteroatoms. The topological polar surface area (TPSA) is 68.3 Å². The van der Waals surface area contributed by atoms with Gasteiger partial charge in [0.25, 0.3) is 11.8 Å². The summed E-state index contributed by atoms with van der Waals surface area (Å²) in [5.41, 5.74) is 2.19. The van der Waals surface area contributed by atoms with Crippen LogP contribution in [0.25, 0.3) is 11.4 Å². The van der Waals surface area contributed by atoms with Crippen LogP contribution in [0.4, 0.5) is 0 Å². The Bertz CT molecular complexity index is 1070. The molecular formula is C25H30N2O5S2. The summed E-state index contributed by atoms with van der Waals surface area (Å²) in [4.78, 5) is 33.0. The predicted octanol–water partition coefficient (Wildman–Crippen LogP) is 4.44. The van der Waals surface area contributed by atoms with Crippen LogP contribution in [0.1, 0.15) is 37.4 Å². The molecule has 4 rings (SSSR count). The van der Waals surface area contributed by atoms with Crippen molar-refractivity contribution < 1.29 is 23.8 Å². The molecule has 0 aromatic carbocycles. The van der Waals surface area contributed by atoms with Crippen molar-refractivity contribution in [1.29, 1.82) is 0 Å². The first-order chi connectivity index (χ1) is 16.5. The normalized spacial score (nSPS) is 17.1. The Hall–Kier alpha value is -2.30. The number of thiophene rings is 2. The number of nitrogens with zero attached hydrogens (tertiary/aromatic N) is 2. The standard InChI is InChI=1S/C25H30N2O5S2/c1-5-30-16(4)14-26-22(17-10-8-12-33-17)20-21(24(26)28)23(18-11-9-13-34-18)27(25(20)29)15-19(31-6-2)32-7-3/h8-13,16,19H,5-7,14-15H2,1-4H3. The van der Waals surface area contributed by atoms with E-state index in [4.69, 9.17) is 14.2 Å². The number of carbonyl (C=O) groups excluding carboxylic acids is 2. The number of amides is 2. The van der Waals surface area contributed by atoms with E-state index in [0.717, 1.165) is 9.75 Å². The van der Waals surface area contributed by atoms with Gasteiger partial charge in [-0.25, -0.2) is 0 Å². The minimum Gasteiger partial charge on any atom is -0.377 e. The van der Waals surface area contributed by atoms with Crippen LogP contribution in [-0.2, 0) is 23.8 Å². The van der Waals surface area contributed by atoms with Crippen molar-refractivity contribution in [3.63, 3.8) is 0 Å². The highest BCUT2D eigenvalue weighted by Gasteiger charge is 2.50. The first-order valence-corrected chi connectivity index (χ1v) is 13.3. The monoisotopic (exact) mass is 502 g/mol. The van der Waals surface area contributed by atoms with Crippen LogP contribution in [0.15, 0.2) is 46.2 Å². The van der Waals surface area contributed by atoms with E-state index in [2.05, 4.69) is 0 Å². The fourth-order valence-corrected chi connectivity index (χ4v) is 5.92. The summed E-state index contributed by atoms with van der Waals surface area (Å²) in [6, 6.07) is 7.75. The van der Waals surface area contributed by atoms with Gasteiger partial charge < -0.3 is 24.0 Å². The molecule has 2 aliphatic rings. The lowest BCUT2D eigenvalue weighted by molar-refractivity contribution is -0.150. The van der Waals surface area contributed by atoms with E-state index < -0.39 is 6.29 Å². The molecule has 1 unspecified atom stereocenters. The number of hydrogen-bond donors (Lipinski definition) is 0. The molecule has 182 valence electrons.